The number of nitrogens with one attached hydrogen (secondary N) is 1. The maximum Gasteiger partial charge on any atom is 0.275 e. The normalized spacial score (nSPS) is 10.8. The summed E-state index contributed by atoms with van der Waals surface area (Å²) in [7, 11) is 1.63. The van der Waals surface area contributed by atoms with Crippen molar-refractivity contribution in [2.24, 2.45) is 0 Å². The van der Waals surface area contributed by atoms with E-state index in [4.69, 9.17) is 4.74 Å². The van der Waals surface area contributed by atoms with Gasteiger partial charge >= 0.3 is 0 Å². The van der Waals surface area contributed by atoms with Gasteiger partial charge in [-0.15, -0.1) is 0 Å². The lowest BCUT2D eigenvalue weighted by atomic mass is 10.1. The number of nitrogens with zero attached hydrogens (tertiary/aromatic N) is 1. The number of ether oxygens (including phenoxy) is 1. The first-order chi connectivity index (χ1) is 11.6. The van der Waals surface area contributed by atoms with Gasteiger partial charge in [-0.1, -0.05) is 15.9 Å². The third-order valence-electron chi connectivity index (χ3n) is 3.88. The summed E-state index contributed by atoms with van der Waals surface area (Å²) in [4.78, 5) is 12.8. The van der Waals surface area contributed by atoms with E-state index in [1.165, 1.54) is 0 Å². The van der Waals surface area contributed by atoms with E-state index in [1.807, 2.05) is 48.5 Å². The molecule has 0 atom stereocenters. The predicted octanol–water partition coefficient (Wildman–Crippen LogP) is 2.39. The smallest absolute Gasteiger partial charge is 0.275 e. The van der Waals surface area contributed by atoms with Crippen LogP contribution in [0.4, 0.5) is 0 Å². The Hall–Kier alpha value is -2.31. The van der Waals surface area contributed by atoms with Crippen LogP contribution in [0.25, 0.3) is 16.9 Å². The van der Waals surface area contributed by atoms with Crippen molar-refractivity contribution in [2.45, 2.75) is 6.42 Å². The van der Waals surface area contributed by atoms with Crippen molar-refractivity contribution in [1.82, 2.24) is 9.78 Å². The average molecular weight is 389 g/mol. The Morgan fingerprint density at radius 3 is 2.38 bits per heavy atom. The number of halogens is 1. The summed E-state index contributed by atoms with van der Waals surface area (Å²) in [6, 6.07) is 15.3. The van der Waals surface area contributed by atoms with Gasteiger partial charge in [-0.2, -0.15) is 0 Å². The van der Waals surface area contributed by atoms with Crippen molar-refractivity contribution >= 4 is 15.9 Å². The second-order valence-electron chi connectivity index (χ2n) is 5.41. The molecule has 1 aromatic heterocycles. The Bertz CT molecular complexity index is 880. The van der Waals surface area contributed by atoms with Crippen LogP contribution in [0.3, 0.4) is 0 Å². The Morgan fingerprint density at radius 1 is 1.12 bits per heavy atom. The van der Waals surface area contributed by atoms with Gasteiger partial charge in [-0.25, -0.2) is 4.68 Å². The summed E-state index contributed by atoms with van der Waals surface area (Å²) in [5.41, 5.74) is 7.18. The quantitative estimate of drug-likeness (QED) is 0.703. The molecule has 0 saturated heterocycles. The molecule has 3 rings (SSSR count). The molecule has 124 valence electrons. The first kappa shape index (κ1) is 16.5. The van der Waals surface area contributed by atoms with Crippen molar-refractivity contribution in [3.8, 4) is 22.7 Å². The van der Waals surface area contributed by atoms with Crippen LogP contribution >= 0.6 is 15.9 Å². The van der Waals surface area contributed by atoms with Crippen molar-refractivity contribution in [3.63, 3.8) is 0 Å². The van der Waals surface area contributed by atoms with Crippen LogP contribution in [-0.4, -0.2) is 23.4 Å². The lowest BCUT2D eigenvalue weighted by molar-refractivity contribution is -0.366. The Morgan fingerprint density at radius 2 is 1.79 bits per heavy atom. The predicted molar refractivity (Wildman–Crippen MR) is 97.5 cm³/mol. The van der Waals surface area contributed by atoms with Crippen LogP contribution in [0.5, 0.6) is 5.75 Å². The van der Waals surface area contributed by atoms with Gasteiger partial charge in [0, 0.05) is 16.5 Å². The Balaban J connectivity index is 2.12. The maximum atomic E-state index is 12.8. The van der Waals surface area contributed by atoms with E-state index in [-0.39, 0.29) is 5.56 Å². The molecule has 2 aromatic carbocycles. The molecule has 0 spiro atoms. The third-order valence-corrected chi connectivity index (χ3v) is 4.41. The highest BCUT2D eigenvalue weighted by molar-refractivity contribution is 9.10. The first-order valence-electron chi connectivity index (χ1n) is 7.67. The zero-order valence-electron chi connectivity index (χ0n) is 13.4. The largest absolute Gasteiger partial charge is 0.497 e. The molecule has 6 heteroatoms. The molecule has 0 radical (unpaired) electrons. The number of aromatic amines is 1. The van der Waals surface area contributed by atoms with Crippen LogP contribution in [0.15, 0.2) is 57.8 Å². The molecule has 0 saturated carbocycles. The second-order valence-corrected chi connectivity index (χ2v) is 6.33. The summed E-state index contributed by atoms with van der Waals surface area (Å²) in [6.07, 6.45) is 0.625. The molecule has 0 fully saturated rings. The maximum absolute atomic E-state index is 12.8. The number of methoxy groups -OCH3 is 1. The second kappa shape index (κ2) is 7.07. The molecule has 0 aliphatic rings. The minimum atomic E-state index is -0.0354. The van der Waals surface area contributed by atoms with Gasteiger partial charge in [0.15, 0.2) is 0 Å². The number of quaternary nitrogens is 1. The Kier molecular flexibility index (Phi) is 4.87. The van der Waals surface area contributed by atoms with Crippen LogP contribution in [-0.2, 0) is 6.42 Å². The molecule has 5 nitrogen and oxygen atoms in total. The van der Waals surface area contributed by atoms with Crippen LogP contribution in [0, 0.1) is 0 Å². The number of benzene rings is 2. The number of hydrogen-bond acceptors (Lipinski definition) is 2. The number of aromatic nitrogens is 2. The highest BCUT2D eigenvalue weighted by Crippen LogP contribution is 2.24. The lowest BCUT2D eigenvalue weighted by Gasteiger charge is -2.04. The molecule has 0 unspecified atom stereocenters. The van der Waals surface area contributed by atoms with E-state index in [2.05, 4.69) is 26.8 Å². The summed E-state index contributed by atoms with van der Waals surface area (Å²) >= 11 is 3.41. The fraction of sp³-hybridized carbons (Fsp3) is 0.167. The van der Waals surface area contributed by atoms with Crippen LogP contribution < -0.4 is 16.0 Å². The molecule has 3 aromatic rings. The fourth-order valence-electron chi connectivity index (χ4n) is 2.65. The van der Waals surface area contributed by atoms with Gasteiger partial charge in [-0.05, 0) is 48.5 Å². The zero-order valence-corrected chi connectivity index (χ0v) is 15.0. The minimum Gasteiger partial charge on any atom is -0.497 e. The zero-order chi connectivity index (χ0) is 17.1. The summed E-state index contributed by atoms with van der Waals surface area (Å²) in [5.74, 6) is 0.784. The monoisotopic (exact) mass is 388 g/mol. The van der Waals surface area contributed by atoms with E-state index in [0.717, 1.165) is 32.7 Å². The molecular formula is C18H19BrN3O2+. The molecule has 4 N–H and O–H groups in total. The summed E-state index contributed by atoms with van der Waals surface area (Å²) in [5, 5.41) is 3.24. The van der Waals surface area contributed by atoms with Gasteiger partial charge in [-0.3, -0.25) is 9.89 Å². The van der Waals surface area contributed by atoms with Gasteiger partial charge in [0.2, 0.25) is 0 Å². The lowest BCUT2D eigenvalue weighted by Crippen LogP contribution is -2.51. The number of hydrogen-bond donors (Lipinski definition) is 2. The van der Waals surface area contributed by atoms with Crippen LogP contribution in [0.2, 0.25) is 0 Å². The summed E-state index contributed by atoms with van der Waals surface area (Å²) < 4.78 is 7.75. The molecule has 0 aliphatic carbocycles. The third kappa shape index (κ3) is 3.16. The molecular weight excluding hydrogens is 370 g/mol. The van der Waals surface area contributed by atoms with E-state index in [1.54, 1.807) is 11.8 Å². The molecule has 24 heavy (non-hydrogen) atoms. The van der Waals surface area contributed by atoms with E-state index in [0.29, 0.717) is 13.0 Å². The molecule has 0 amide bonds. The number of H-pyrrole nitrogens is 1. The van der Waals surface area contributed by atoms with Crippen molar-refractivity contribution < 1.29 is 10.5 Å². The number of rotatable bonds is 5. The van der Waals surface area contributed by atoms with Gasteiger partial charge in [0.05, 0.1) is 30.6 Å². The topological polar surface area (TPSA) is 74.7 Å². The summed E-state index contributed by atoms with van der Waals surface area (Å²) in [6.45, 7) is 0.663. The van der Waals surface area contributed by atoms with Crippen molar-refractivity contribution in [1.29, 1.82) is 0 Å². The minimum absolute atomic E-state index is 0.0354. The van der Waals surface area contributed by atoms with Gasteiger partial charge in [0.1, 0.15) is 5.75 Å². The first-order valence-corrected chi connectivity index (χ1v) is 8.47. The average Bonchev–Trinajstić information content (AvgIpc) is 2.93. The van der Waals surface area contributed by atoms with Crippen molar-refractivity contribution in [3.05, 3.63) is 68.9 Å². The molecule has 0 aliphatic heterocycles. The Labute approximate surface area is 148 Å². The van der Waals surface area contributed by atoms with E-state index < -0.39 is 0 Å². The van der Waals surface area contributed by atoms with Gasteiger partial charge in [0.25, 0.3) is 5.56 Å². The van der Waals surface area contributed by atoms with Crippen molar-refractivity contribution in [2.75, 3.05) is 13.7 Å². The van der Waals surface area contributed by atoms with Gasteiger partial charge < -0.3 is 10.5 Å². The molecule has 0 bridgehead atoms. The molecule has 1 heterocycles. The van der Waals surface area contributed by atoms with E-state index >= 15 is 0 Å². The van der Waals surface area contributed by atoms with E-state index in [9.17, 15) is 4.79 Å². The van der Waals surface area contributed by atoms with Crippen LogP contribution in [0.1, 0.15) is 5.56 Å². The fourth-order valence-corrected chi connectivity index (χ4v) is 2.91. The standard InChI is InChI=1S/C18H18BrN3O2/c1-24-15-8-2-12(3-9-15)17-16(10-11-20)18(23)22(21-17)14-6-4-13(19)5-7-14/h2-9,21H,10-11,20H2,1H3/p+1. The SMILES string of the molecule is COc1ccc(-c2[nH]n(-c3ccc(Br)cc3)c(=O)c2CC[NH3+])cc1. The highest BCUT2D eigenvalue weighted by Gasteiger charge is 2.16. The highest BCUT2D eigenvalue weighted by atomic mass is 79.9.